The van der Waals surface area contributed by atoms with Crippen molar-refractivity contribution in [2.45, 2.75) is 13.2 Å². The van der Waals surface area contributed by atoms with Crippen molar-refractivity contribution < 1.29 is 9.47 Å². The van der Waals surface area contributed by atoms with E-state index in [9.17, 15) is 0 Å². The molecule has 1 atom stereocenters. The molecule has 8 heteroatoms. The van der Waals surface area contributed by atoms with Crippen LogP contribution in [0, 0.1) is 0 Å². The number of pyridine rings is 2. The minimum absolute atomic E-state index is 0.354. The first-order valence-corrected chi connectivity index (χ1v) is 10.7. The predicted octanol–water partition coefficient (Wildman–Crippen LogP) is 5.73. The molecule has 3 heterocycles. The molecule has 2 aromatic carbocycles. The predicted molar refractivity (Wildman–Crippen MR) is 129 cm³/mol. The van der Waals surface area contributed by atoms with Gasteiger partial charge in [0, 0.05) is 23.3 Å². The maximum Gasteiger partial charge on any atom is 0.241 e. The summed E-state index contributed by atoms with van der Waals surface area (Å²) in [5.74, 6) is 1.86. The van der Waals surface area contributed by atoms with E-state index in [1.54, 1.807) is 24.5 Å². The summed E-state index contributed by atoms with van der Waals surface area (Å²) in [5, 5.41) is 7.76. The zero-order chi connectivity index (χ0) is 22.8. The topological polar surface area (TPSA) is 72.2 Å². The third-order valence-corrected chi connectivity index (χ3v) is 5.54. The third kappa shape index (κ3) is 4.23. The Morgan fingerprint density at radius 2 is 1.82 bits per heavy atom. The van der Waals surface area contributed by atoms with Crippen molar-refractivity contribution in [1.29, 1.82) is 0 Å². The lowest BCUT2D eigenvalue weighted by atomic mass is 10.1. The van der Waals surface area contributed by atoms with Crippen molar-refractivity contribution in [1.82, 2.24) is 15.0 Å². The van der Waals surface area contributed by atoms with Crippen molar-refractivity contribution >= 4 is 39.9 Å². The van der Waals surface area contributed by atoms with Crippen LogP contribution in [0.4, 0.5) is 5.69 Å². The number of hydrogen-bond donors (Lipinski definition) is 0. The van der Waals surface area contributed by atoms with Crippen LogP contribution in [0.1, 0.15) is 24.3 Å². The maximum absolute atomic E-state index is 6.61. The van der Waals surface area contributed by atoms with Crippen LogP contribution in [0.25, 0.3) is 10.9 Å². The summed E-state index contributed by atoms with van der Waals surface area (Å²) >= 11 is 6.61. The van der Waals surface area contributed by atoms with E-state index in [1.807, 2.05) is 73.7 Å². The van der Waals surface area contributed by atoms with Gasteiger partial charge in [0.25, 0.3) is 0 Å². The van der Waals surface area contributed by atoms with Crippen molar-refractivity contribution in [3.8, 4) is 5.75 Å². The van der Waals surface area contributed by atoms with Gasteiger partial charge in [0.15, 0.2) is 0 Å². The first-order valence-electron chi connectivity index (χ1n) is 10.3. The van der Waals surface area contributed by atoms with Crippen molar-refractivity contribution in [3.63, 3.8) is 0 Å². The molecule has 0 radical (unpaired) electrons. The highest BCUT2D eigenvalue weighted by atomic mass is 35.5. The van der Waals surface area contributed by atoms with Crippen molar-refractivity contribution in [3.05, 3.63) is 95.4 Å². The number of aliphatic imine (C=N–C) groups is 1. The molecular formula is C25H20ClN5O2. The van der Waals surface area contributed by atoms with Crippen LogP contribution < -0.4 is 4.74 Å². The Morgan fingerprint density at radius 3 is 2.58 bits per heavy atom. The molecule has 0 aliphatic carbocycles. The van der Waals surface area contributed by atoms with Gasteiger partial charge in [-0.2, -0.15) is 0 Å². The fourth-order valence-electron chi connectivity index (χ4n) is 3.56. The van der Waals surface area contributed by atoms with Gasteiger partial charge in [-0.1, -0.05) is 29.8 Å². The first-order chi connectivity index (χ1) is 16.1. The number of methoxy groups -OCH3 is 1. The second-order valence-electron chi connectivity index (χ2n) is 7.37. The van der Waals surface area contributed by atoms with Gasteiger partial charge in [0.1, 0.15) is 16.7 Å². The third-order valence-electron chi connectivity index (χ3n) is 5.24. The quantitative estimate of drug-likeness (QED) is 0.222. The lowest BCUT2D eigenvalue weighted by Gasteiger charge is -2.22. The minimum Gasteiger partial charge on any atom is -0.497 e. The summed E-state index contributed by atoms with van der Waals surface area (Å²) in [6.07, 6.45) is 2.77. The average molecular weight is 458 g/mol. The Balaban J connectivity index is 1.57. The van der Waals surface area contributed by atoms with E-state index >= 15 is 0 Å². The number of nitrogens with zero attached hydrogens (tertiary/aromatic N) is 5. The number of hydrazone groups is 1. The Kier molecular flexibility index (Phi) is 5.62. The monoisotopic (exact) mass is 457 g/mol. The number of benzene rings is 2. The van der Waals surface area contributed by atoms with Gasteiger partial charge in [0.05, 0.1) is 23.9 Å². The van der Waals surface area contributed by atoms with Crippen LogP contribution in [0.5, 0.6) is 5.75 Å². The van der Waals surface area contributed by atoms with E-state index in [2.05, 4.69) is 9.97 Å². The number of halogens is 1. The summed E-state index contributed by atoms with van der Waals surface area (Å²) in [6.45, 7) is 1.88. The molecule has 0 spiro atoms. The molecule has 1 unspecified atom stereocenters. The second kappa shape index (κ2) is 8.88. The smallest absolute Gasteiger partial charge is 0.241 e. The first kappa shape index (κ1) is 20.9. The molecule has 2 aromatic heterocycles. The van der Waals surface area contributed by atoms with Gasteiger partial charge < -0.3 is 9.47 Å². The van der Waals surface area contributed by atoms with Gasteiger partial charge in [-0.15, -0.1) is 5.10 Å². The Morgan fingerprint density at radius 1 is 1.06 bits per heavy atom. The fourth-order valence-corrected chi connectivity index (χ4v) is 3.80. The number of ether oxygens (including phenoxy) is 2. The SMILES string of the molecule is COc1ccc(N=C(C)N2N=C(c3ccncc3)OC2c2cc3ccccc3nc2Cl)cc1. The van der Waals surface area contributed by atoms with Gasteiger partial charge in [-0.05, 0) is 55.5 Å². The lowest BCUT2D eigenvalue weighted by Crippen LogP contribution is -2.26. The summed E-state index contributed by atoms with van der Waals surface area (Å²) in [7, 11) is 1.63. The zero-order valence-corrected chi connectivity index (χ0v) is 18.8. The molecule has 0 saturated carbocycles. The molecular weight excluding hydrogens is 438 g/mol. The highest BCUT2D eigenvalue weighted by Crippen LogP contribution is 2.36. The molecule has 1 aliphatic rings. The van der Waals surface area contributed by atoms with Gasteiger partial charge in [-0.25, -0.2) is 15.0 Å². The molecule has 1 aliphatic heterocycles. The molecule has 164 valence electrons. The molecule has 0 fully saturated rings. The zero-order valence-electron chi connectivity index (χ0n) is 18.0. The van der Waals surface area contributed by atoms with Crippen LogP contribution >= 0.6 is 11.6 Å². The van der Waals surface area contributed by atoms with E-state index in [0.29, 0.717) is 22.4 Å². The number of para-hydroxylation sites is 1. The number of aromatic nitrogens is 2. The Hall–Kier alpha value is -3.97. The van der Waals surface area contributed by atoms with Crippen LogP contribution in [0.15, 0.2) is 89.2 Å². The molecule has 0 bridgehead atoms. The van der Waals surface area contributed by atoms with E-state index in [-0.39, 0.29) is 0 Å². The standard InChI is InChI=1S/C25H20ClN5O2/c1-16(28-19-7-9-20(32-2)10-8-19)31-25(33-24(30-31)17-11-13-27-14-12-17)21-15-18-5-3-4-6-22(18)29-23(21)26/h3-15,25H,1-2H3. The largest absolute Gasteiger partial charge is 0.497 e. The lowest BCUT2D eigenvalue weighted by molar-refractivity contribution is 0.110. The van der Waals surface area contributed by atoms with Gasteiger partial charge >= 0.3 is 0 Å². The normalized spacial score (nSPS) is 16.0. The molecule has 5 rings (SSSR count). The summed E-state index contributed by atoms with van der Waals surface area (Å²) in [4.78, 5) is 13.4. The van der Waals surface area contributed by atoms with Crippen molar-refractivity contribution in [2.24, 2.45) is 10.1 Å². The fraction of sp³-hybridized carbons (Fsp3) is 0.120. The molecule has 7 nitrogen and oxygen atoms in total. The van der Waals surface area contributed by atoms with E-state index in [1.165, 1.54) is 0 Å². The van der Waals surface area contributed by atoms with Crippen LogP contribution in [0.2, 0.25) is 5.15 Å². The summed E-state index contributed by atoms with van der Waals surface area (Å²) in [6, 6.07) is 21.0. The number of fused-ring (bicyclic) bond motifs is 1. The summed E-state index contributed by atoms with van der Waals surface area (Å²) < 4.78 is 11.5. The molecule has 33 heavy (non-hydrogen) atoms. The van der Waals surface area contributed by atoms with Crippen LogP contribution in [-0.2, 0) is 4.74 Å². The van der Waals surface area contributed by atoms with Crippen molar-refractivity contribution in [2.75, 3.05) is 7.11 Å². The van der Waals surface area contributed by atoms with E-state index in [4.69, 9.17) is 31.2 Å². The maximum atomic E-state index is 6.61. The number of amidine groups is 1. The Labute approximate surface area is 196 Å². The van der Waals surface area contributed by atoms with Crippen LogP contribution in [-0.4, -0.2) is 33.8 Å². The highest BCUT2D eigenvalue weighted by molar-refractivity contribution is 6.30. The molecule has 0 N–H and O–H groups in total. The van der Waals surface area contributed by atoms with E-state index < -0.39 is 6.23 Å². The summed E-state index contributed by atoms with van der Waals surface area (Å²) in [5.41, 5.74) is 3.09. The second-order valence-corrected chi connectivity index (χ2v) is 7.73. The average Bonchev–Trinajstić information content (AvgIpc) is 3.30. The number of rotatable bonds is 4. The van der Waals surface area contributed by atoms with Gasteiger partial charge in [0.2, 0.25) is 12.1 Å². The van der Waals surface area contributed by atoms with Crippen LogP contribution in [0.3, 0.4) is 0 Å². The van der Waals surface area contributed by atoms with Gasteiger partial charge in [-0.3, -0.25) is 4.98 Å². The molecule has 4 aromatic rings. The molecule has 0 saturated heterocycles. The minimum atomic E-state index is -0.625. The highest BCUT2D eigenvalue weighted by Gasteiger charge is 2.34. The van der Waals surface area contributed by atoms with E-state index in [0.717, 1.165) is 27.9 Å². The Bertz CT molecular complexity index is 1360. The number of hydrogen-bond acceptors (Lipinski definition) is 6. The molecule has 0 amide bonds.